The predicted molar refractivity (Wildman–Crippen MR) is 74.9 cm³/mol. The third-order valence-electron chi connectivity index (χ3n) is 3.43. The van der Waals surface area contributed by atoms with Gasteiger partial charge in [-0.2, -0.15) is 4.98 Å². The lowest BCUT2D eigenvalue weighted by Crippen LogP contribution is -2.01. The summed E-state index contributed by atoms with van der Waals surface area (Å²) in [6.45, 7) is 2.04. The smallest absolute Gasteiger partial charge is 0.229 e. The van der Waals surface area contributed by atoms with Crippen LogP contribution in [0.15, 0.2) is 28.8 Å². The van der Waals surface area contributed by atoms with Crippen LogP contribution in [0, 0.1) is 5.92 Å². The summed E-state index contributed by atoms with van der Waals surface area (Å²) in [5.74, 6) is 2.03. The van der Waals surface area contributed by atoms with Gasteiger partial charge in [-0.15, -0.1) is 0 Å². The van der Waals surface area contributed by atoms with Crippen molar-refractivity contribution < 1.29 is 9.26 Å². The van der Waals surface area contributed by atoms with E-state index in [1.807, 2.05) is 24.3 Å². The molecule has 1 saturated carbocycles. The first kappa shape index (κ1) is 13.3. The molecule has 0 radical (unpaired) electrons. The Bertz CT molecular complexity index is 547. The maximum absolute atomic E-state index is 5.57. The van der Waals surface area contributed by atoms with Gasteiger partial charge in [-0.25, -0.2) is 0 Å². The maximum Gasteiger partial charge on any atom is 0.229 e. The van der Waals surface area contributed by atoms with Gasteiger partial charge in [0.2, 0.25) is 11.7 Å². The highest BCUT2D eigenvalue weighted by molar-refractivity contribution is 5.54. The minimum Gasteiger partial charge on any atom is -0.381 e. The van der Waals surface area contributed by atoms with E-state index in [1.54, 1.807) is 0 Å². The second-order valence-corrected chi connectivity index (χ2v) is 5.18. The Morgan fingerprint density at radius 3 is 2.75 bits per heavy atom. The van der Waals surface area contributed by atoms with E-state index in [1.165, 1.54) is 12.8 Å². The van der Waals surface area contributed by atoms with Crippen molar-refractivity contribution in [2.75, 3.05) is 13.2 Å². The van der Waals surface area contributed by atoms with Gasteiger partial charge in [-0.1, -0.05) is 29.4 Å². The molecular weight excluding hydrogens is 254 g/mol. The number of aromatic nitrogens is 2. The van der Waals surface area contributed by atoms with E-state index in [2.05, 4.69) is 10.1 Å². The Hall–Kier alpha value is -1.72. The second kappa shape index (κ2) is 6.15. The van der Waals surface area contributed by atoms with E-state index >= 15 is 0 Å². The average Bonchev–Trinajstić information content (AvgIpc) is 3.20. The monoisotopic (exact) mass is 273 g/mol. The topological polar surface area (TPSA) is 74.2 Å². The molecule has 20 heavy (non-hydrogen) atoms. The van der Waals surface area contributed by atoms with Gasteiger partial charge in [-0.3, -0.25) is 0 Å². The molecule has 2 N–H and O–H groups in total. The largest absolute Gasteiger partial charge is 0.381 e. The van der Waals surface area contributed by atoms with E-state index in [9.17, 15) is 0 Å². The summed E-state index contributed by atoms with van der Waals surface area (Å²) in [6.07, 6.45) is 3.29. The molecular formula is C15H19N3O2. The van der Waals surface area contributed by atoms with E-state index in [0.717, 1.165) is 23.7 Å². The lowest BCUT2D eigenvalue weighted by molar-refractivity contribution is 0.122. The predicted octanol–water partition coefficient (Wildman–Crippen LogP) is 2.16. The number of hydrogen-bond donors (Lipinski definition) is 1. The van der Waals surface area contributed by atoms with Gasteiger partial charge in [0.05, 0.1) is 13.0 Å². The van der Waals surface area contributed by atoms with Crippen LogP contribution >= 0.6 is 0 Å². The van der Waals surface area contributed by atoms with Crippen LogP contribution < -0.4 is 5.73 Å². The molecule has 1 aromatic heterocycles. The summed E-state index contributed by atoms with van der Waals surface area (Å²) in [4.78, 5) is 4.38. The fourth-order valence-corrected chi connectivity index (χ4v) is 1.96. The summed E-state index contributed by atoms with van der Waals surface area (Å²) in [6, 6.07) is 7.87. The fraction of sp³-hybridized carbons (Fsp3) is 0.467. The summed E-state index contributed by atoms with van der Waals surface area (Å²) in [7, 11) is 0. The zero-order valence-corrected chi connectivity index (χ0v) is 11.4. The Morgan fingerprint density at radius 2 is 2.05 bits per heavy atom. The van der Waals surface area contributed by atoms with Crippen molar-refractivity contribution in [3.63, 3.8) is 0 Å². The SMILES string of the molecule is NCc1ccc(-c2noc(CCOCC3CC3)n2)cc1. The van der Waals surface area contributed by atoms with Gasteiger partial charge in [0.15, 0.2) is 0 Å². The number of ether oxygens (including phenoxy) is 1. The van der Waals surface area contributed by atoms with Crippen molar-refractivity contribution in [1.29, 1.82) is 0 Å². The maximum atomic E-state index is 5.57. The zero-order chi connectivity index (χ0) is 13.8. The average molecular weight is 273 g/mol. The van der Waals surface area contributed by atoms with Crippen LogP contribution in [-0.4, -0.2) is 23.4 Å². The van der Waals surface area contributed by atoms with E-state index in [0.29, 0.717) is 31.3 Å². The molecule has 1 aliphatic carbocycles. The molecule has 0 saturated heterocycles. The Kier molecular flexibility index (Phi) is 4.08. The number of benzene rings is 1. The summed E-state index contributed by atoms with van der Waals surface area (Å²) >= 11 is 0. The summed E-state index contributed by atoms with van der Waals surface area (Å²) < 4.78 is 10.8. The van der Waals surface area contributed by atoms with E-state index in [-0.39, 0.29) is 0 Å². The van der Waals surface area contributed by atoms with Crippen molar-refractivity contribution >= 4 is 0 Å². The number of nitrogens with zero attached hydrogens (tertiary/aromatic N) is 2. The van der Waals surface area contributed by atoms with Crippen LogP contribution in [0.2, 0.25) is 0 Å². The standard InChI is InChI=1S/C15H19N3O2/c16-9-11-3-5-13(6-4-11)15-17-14(20-18-15)7-8-19-10-12-1-2-12/h3-6,12H,1-2,7-10,16H2. The van der Waals surface area contributed by atoms with Crippen LogP contribution in [0.4, 0.5) is 0 Å². The molecule has 3 rings (SSSR count). The van der Waals surface area contributed by atoms with Crippen molar-refractivity contribution in [3.05, 3.63) is 35.7 Å². The molecule has 0 atom stereocenters. The van der Waals surface area contributed by atoms with E-state index < -0.39 is 0 Å². The molecule has 5 heteroatoms. The van der Waals surface area contributed by atoms with Gasteiger partial charge in [0.1, 0.15) is 0 Å². The summed E-state index contributed by atoms with van der Waals surface area (Å²) in [5.41, 5.74) is 7.60. The number of rotatable bonds is 7. The molecule has 106 valence electrons. The van der Waals surface area contributed by atoms with Crippen LogP contribution in [0.3, 0.4) is 0 Å². The Labute approximate surface area is 118 Å². The molecule has 0 unspecified atom stereocenters. The van der Waals surface area contributed by atoms with Crippen LogP contribution in [-0.2, 0) is 17.7 Å². The first-order valence-corrected chi connectivity index (χ1v) is 7.05. The lowest BCUT2D eigenvalue weighted by Gasteiger charge is -1.99. The van der Waals surface area contributed by atoms with Crippen LogP contribution in [0.1, 0.15) is 24.3 Å². The van der Waals surface area contributed by atoms with Crippen LogP contribution in [0.25, 0.3) is 11.4 Å². The minimum absolute atomic E-state index is 0.538. The van der Waals surface area contributed by atoms with Gasteiger partial charge < -0.3 is 15.0 Å². The fourth-order valence-electron chi connectivity index (χ4n) is 1.96. The van der Waals surface area contributed by atoms with E-state index in [4.69, 9.17) is 15.0 Å². The van der Waals surface area contributed by atoms with Gasteiger partial charge in [0.25, 0.3) is 0 Å². The highest BCUT2D eigenvalue weighted by Gasteiger charge is 2.21. The minimum atomic E-state index is 0.538. The van der Waals surface area contributed by atoms with Gasteiger partial charge in [0, 0.05) is 18.7 Å². The summed E-state index contributed by atoms with van der Waals surface area (Å²) in [5, 5.41) is 4.00. The third-order valence-corrected chi connectivity index (χ3v) is 3.43. The highest BCUT2D eigenvalue weighted by atomic mass is 16.5. The van der Waals surface area contributed by atoms with Crippen molar-refractivity contribution in [3.8, 4) is 11.4 Å². The van der Waals surface area contributed by atoms with Gasteiger partial charge in [-0.05, 0) is 24.3 Å². The molecule has 0 spiro atoms. The number of hydrogen-bond acceptors (Lipinski definition) is 5. The first-order valence-electron chi connectivity index (χ1n) is 7.05. The second-order valence-electron chi connectivity index (χ2n) is 5.18. The first-order chi connectivity index (χ1) is 9.85. The quantitative estimate of drug-likeness (QED) is 0.782. The Balaban J connectivity index is 1.54. The molecule has 1 aromatic carbocycles. The third kappa shape index (κ3) is 3.43. The normalized spacial score (nSPS) is 14.7. The molecule has 2 aromatic rings. The van der Waals surface area contributed by atoms with Crippen molar-refractivity contribution in [2.24, 2.45) is 11.7 Å². The highest BCUT2D eigenvalue weighted by Crippen LogP contribution is 2.28. The molecule has 0 bridgehead atoms. The van der Waals surface area contributed by atoms with Crippen LogP contribution in [0.5, 0.6) is 0 Å². The molecule has 1 aliphatic rings. The van der Waals surface area contributed by atoms with Crippen molar-refractivity contribution in [1.82, 2.24) is 10.1 Å². The Morgan fingerprint density at radius 1 is 1.25 bits per heavy atom. The molecule has 1 fully saturated rings. The lowest BCUT2D eigenvalue weighted by atomic mass is 10.1. The number of nitrogens with two attached hydrogens (primary N) is 1. The van der Waals surface area contributed by atoms with Crippen molar-refractivity contribution in [2.45, 2.75) is 25.8 Å². The molecule has 1 heterocycles. The van der Waals surface area contributed by atoms with Gasteiger partial charge >= 0.3 is 0 Å². The molecule has 0 aliphatic heterocycles. The zero-order valence-electron chi connectivity index (χ0n) is 11.4. The molecule has 0 amide bonds. The molecule has 5 nitrogen and oxygen atoms in total.